The number of carbonyl (C=O) groups is 2. The van der Waals surface area contributed by atoms with Crippen LogP contribution in [0.3, 0.4) is 0 Å². The molecule has 5 rings (SSSR count). The van der Waals surface area contributed by atoms with Crippen LogP contribution >= 0.6 is 11.8 Å². The lowest BCUT2D eigenvalue weighted by Gasteiger charge is -2.46. The van der Waals surface area contributed by atoms with Crippen LogP contribution in [0.1, 0.15) is 25.5 Å². The Morgan fingerprint density at radius 2 is 2.03 bits per heavy atom. The Morgan fingerprint density at radius 1 is 1.23 bits per heavy atom. The van der Waals surface area contributed by atoms with E-state index < -0.39 is 0 Å². The number of hydrogen-bond donors (Lipinski definition) is 3. The van der Waals surface area contributed by atoms with Crippen molar-refractivity contribution < 1.29 is 14.5 Å². The van der Waals surface area contributed by atoms with Crippen molar-refractivity contribution in [3.63, 3.8) is 0 Å². The summed E-state index contributed by atoms with van der Waals surface area (Å²) in [6, 6.07) is 10.8. The van der Waals surface area contributed by atoms with Crippen LogP contribution in [0, 0.1) is 11.8 Å². The van der Waals surface area contributed by atoms with E-state index in [4.69, 9.17) is 0 Å². The third kappa shape index (κ3) is 5.86. The van der Waals surface area contributed by atoms with E-state index in [2.05, 4.69) is 39.3 Å². The van der Waals surface area contributed by atoms with Crippen LogP contribution in [0.5, 0.6) is 0 Å². The molecule has 0 radical (unpaired) electrons. The summed E-state index contributed by atoms with van der Waals surface area (Å²) in [5.41, 5.74) is 0.997. The van der Waals surface area contributed by atoms with E-state index in [1.807, 2.05) is 22.9 Å². The zero-order chi connectivity index (χ0) is 21.6. The summed E-state index contributed by atoms with van der Waals surface area (Å²) >= 11 is 1.77. The normalized spacial score (nSPS) is 24.7. The topological polar surface area (TPSA) is 93.3 Å². The second-order valence-electron chi connectivity index (χ2n) is 8.51. The van der Waals surface area contributed by atoms with Crippen LogP contribution in [-0.2, 0) is 21.9 Å². The average Bonchev–Trinajstić information content (AvgIpc) is 3.23. The molecule has 4 atom stereocenters. The first-order valence-electron chi connectivity index (χ1n) is 11.0. The van der Waals surface area contributed by atoms with E-state index in [0.717, 1.165) is 43.9 Å². The monoisotopic (exact) mass is 443 g/mol. The first-order chi connectivity index (χ1) is 15.1. The molecule has 0 aliphatic carbocycles. The molecule has 2 bridgehead atoms. The number of thioether (sulfide) groups is 1. The van der Waals surface area contributed by atoms with Gasteiger partial charge in [0.25, 0.3) is 0 Å². The summed E-state index contributed by atoms with van der Waals surface area (Å²) in [6.07, 6.45) is 4.21. The van der Waals surface area contributed by atoms with Crippen molar-refractivity contribution in [2.24, 2.45) is 11.8 Å². The van der Waals surface area contributed by atoms with E-state index >= 15 is 0 Å². The summed E-state index contributed by atoms with van der Waals surface area (Å²) in [5, 5.41) is 14.4. The van der Waals surface area contributed by atoms with Gasteiger partial charge in [0, 0.05) is 49.7 Å². The number of piperidine rings is 3. The van der Waals surface area contributed by atoms with Crippen LogP contribution in [0.4, 0.5) is 0 Å². The molecular weight excluding hydrogens is 412 g/mol. The molecule has 8 nitrogen and oxygen atoms in total. The zero-order valence-electron chi connectivity index (χ0n) is 17.9. The van der Waals surface area contributed by atoms with E-state index in [1.165, 1.54) is 16.7 Å². The smallest absolute Gasteiger partial charge is 0.229 e. The third-order valence-corrected chi connectivity index (χ3v) is 7.36. The first-order valence-corrected chi connectivity index (χ1v) is 12.0. The molecule has 3 saturated heterocycles. The molecule has 1 aromatic heterocycles. The molecule has 3 fully saturated rings. The van der Waals surface area contributed by atoms with E-state index in [-0.39, 0.29) is 17.7 Å². The number of amides is 2. The summed E-state index contributed by atoms with van der Waals surface area (Å²) < 4.78 is 1.97. The maximum absolute atomic E-state index is 12.6. The maximum Gasteiger partial charge on any atom is 0.229 e. The average molecular weight is 444 g/mol. The molecule has 3 N–H and O–H groups in total. The fourth-order valence-electron chi connectivity index (χ4n) is 4.77. The minimum Gasteiger partial charge on any atom is -0.355 e. The van der Waals surface area contributed by atoms with Crippen molar-refractivity contribution >= 4 is 23.6 Å². The molecule has 4 heterocycles. The van der Waals surface area contributed by atoms with Crippen LogP contribution in [0.15, 0.2) is 41.4 Å². The van der Waals surface area contributed by atoms with Gasteiger partial charge in [0.05, 0.1) is 31.2 Å². The Hall–Kier alpha value is -2.39. The summed E-state index contributed by atoms with van der Waals surface area (Å²) in [7, 11) is 0. The highest BCUT2D eigenvalue weighted by Gasteiger charge is 2.46. The fourth-order valence-corrected chi connectivity index (χ4v) is 5.56. The lowest BCUT2D eigenvalue weighted by Crippen LogP contribution is -3.20. The molecule has 2 amide bonds. The molecular formula is C22H31N6O2S+. The van der Waals surface area contributed by atoms with Gasteiger partial charge in [-0.1, -0.05) is 23.4 Å². The molecule has 3 aliphatic heterocycles. The fraction of sp³-hybridized carbons (Fsp3) is 0.545. The highest BCUT2D eigenvalue weighted by atomic mass is 32.2. The Bertz CT molecular complexity index is 889. The molecule has 31 heavy (non-hydrogen) atoms. The highest BCUT2D eigenvalue weighted by molar-refractivity contribution is 7.98. The van der Waals surface area contributed by atoms with Gasteiger partial charge in [-0.15, -0.1) is 16.9 Å². The third-order valence-electron chi connectivity index (χ3n) is 6.31. The van der Waals surface area contributed by atoms with Gasteiger partial charge in [-0.2, -0.15) is 0 Å². The molecule has 166 valence electrons. The second kappa shape index (κ2) is 10.3. The molecule has 0 spiro atoms. The SMILES string of the molecule is CC(=O)NCCNC(=O)[C@H]1C[NH+]2CC[C@@H]1C[C@@H]2Cn1cc(CSc2ccccc2)nn1. The molecule has 0 saturated carbocycles. The molecule has 2 aromatic rings. The minimum atomic E-state index is -0.0701. The number of fused-ring (bicyclic) bond motifs is 3. The Labute approximate surface area is 187 Å². The van der Waals surface area contributed by atoms with Gasteiger partial charge in [0.15, 0.2) is 0 Å². The molecule has 9 heteroatoms. The van der Waals surface area contributed by atoms with E-state index in [9.17, 15) is 9.59 Å². The lowest BCUT2D eigenvalue weighted by atomic mass is 9.75. The Kier molecular flexibility index (Phi) is 7.24. The summed E-state index contributed by atoms with van der Waals surface area (Å²) in [4.78, 5) is 26.3. The number of carbonyl (C=O) groups excluding carboxylic acids is 2. The Balaban J connectivity index is 1.25. The van der Waals surface area contributed by atoms with Crippen LogP contribution in [0.2, 0.25) is 0 Å². The summed E-state index contributed by atoms with van der Waals surface area (Å²) in [6.45, 7) is 5.31. The van der Waals surface area contributed by atoms with Crippen molar-refractivity contribution in [2.75, 3.05) is 26.2 Å². The number of hydrogen-bond acceptors (Lipinski definition) is 5. The number of quaternary nitrogens is 1. The first kappa shape index (κ1) is 21.8. The van der Waals surface area contributed by atoms with Crippen molar-refractivity contribution in [2.45, 2.75) is 43.0 Å². The quantitative estimate of drug-likeness (QED) is 0.378. The van der Waals surface area contributed by atoms with Gasteiger partial charge in [-0.25, -0.2) is 4.68 Å². The lowest BCUT2D eigenvalue weighted by molar-refractivity contribution is -0.945. The predicted molar refractivity (Wildman–Crippen MR) is 118 cm³/mol. The van der Waals surface area contributed by atoms with Gasteiger partial charge in [-0.05, 0) is 18.1 Å². The van der Waals surface area contributed by atoms with Crippen molar-refractivity contribution in [1.82, 2.24) is 25.6 Å². The molecule has 3 aliphatic rings. The van der Waals surface area contributed by atoms with Gasteiger partial charge in [-0.3, -0.25) is 9.59 Å². The van der Waals surface area contributed by atoms with Crippen LogP contribution in [0.25, 0.3) is 0 Å². The minimum absolute atomic E-state index is 0.0701. The molecule has 1 unspecified atom stereocenters. The van der Waals surface area contributed by atoms with Gasteiger partial charge in [0.1, 0.15) is 6.04 Å². The number of benzene rings is 1. The van der Waals surface area contributed by atoms with Crippen molar-refractivity contribution in [3.05, 3.63) is 42.2 Å². The highest BCUT2D eigenvalue weighted by Crippen LogP contribution is 2.28. The van der Waals surface area contributed by atoms with Crippen LogP contribution in [-0.4, -0.2) is 59.0 Å². The largest absolute Gasteiger partial charge is 0.355 e. The van der Waals surface area contributed by atoms with E-state index in [1.54, 1.807) is 11.8 Å². The number of rotatable bonds is 9. The second-order valence-corrected chi connectivity index (χ2v) is 9.56. The predicted octanol–water partition coefficient (Wildman–Crippen LogP) is 0.116. The number of aromatic nitrogens is 3. The van der Waals surface area contributed by atoms with Crippen molar-refractivity contribution in [3.8, 4) is 0 Å². The number of nitrogens with zero attached hydrogens (tertiary/aromatic N) is 3. The van der Waals surface area contributed by atoms with Gasteiger partial charge >= 0.3 is 0 Å². The van der Waals surface area contributed by atoms with Gasteiger partial charge in [0.2, 0.25) is 11.8 Å². The van der Waals surface area contributed by atoms with Gasteiger partial charge < -0.3 is 15.5 Å². The van der Waals surface area contributed by atoms with E-state index in [0.29, 0.717) is 25.0 Å². The Morgan fingerprint density at radius 3 is 2.77 bits per heavy atom. The molecule has 1 aromatic carbocycles. The van der Waals surface area contributed by atoms with Crippen molar-refractivity contribution in [1.29, 1.82) is 0 Å². The summed E-state index contributed by atoms with van der Waals surface area (Å²) in [5.74, 6) is 1.38. The van der Waals surface area contributed by atoms with Crippen LogP contribution < -0.4 is 15.5 Å². The standard InChI is InChI=1S/C22H30N6O2S/c1-16(29)23-8-9-24-22(30)21-14-27-10-7-17(21)11-19(27)13-28-12-18(25-26-28)15-31-20-5-3-2-4-6-20/h2-6,12,17,19,21H,7-11,13-15H2,1H3,(H,23,29)(H,24,30)/p+1/t17-,19-,21+/m1/s1. The number of nitrogens with one attached hydrogen (secondary N) is 3. The zero-order valence-corrected chi connectivity index (χ0v) is 18.7. The maximum atomic E-state index is 12.6.